The van der Waals surface area contributed by atoms with Gasteiger partial charge in [0.1, 0.15) is 5.82 Å². The van der Waals surface area contributed by atoms with E-state index in [0.717, 1.165) is 6.07 Å². The summed E-state index contributed by atoms with van der Waals surface area (Å²) >= 11 is 6.14. The monoisotopic (exact) mass is 459 g/mol. The first-order valence-corrected chi connectivity index (χ1v) is 10.9. The van der Waals surface area contributed by atoms with E-state index in [2.05, 4.69) is 15.3 Å². The van der Waals surface area contributed by atoms with Crippen LogP contribution in [-0.2, 0) is 10.0 Å². The molecular formula is C18H20ClF2N5O3S. The number of nitrogens with zero attached hydrogens (tertiary/aromatic N) is 3. The second-order valence-corrected chi connectivity index (χ2v) is 9.08. The average molecular weight is 460 g/mol. The quantitative estimate of drug-likeness (QED) is 0.725. The summed E-state index contributed by atoms with van der Waals surface area (Å²) in [6.07, 6.45) is 0.825. The lowest BCUT2D eigenvalue weighted by Gasteiger charge is -2.38. The van der Waals surface area contributed by atoms with Crippen LogP contribution >= 0.6 is 11.6 Å². The molecule has 0 spiro atoms. The predicted octanol–water partition coefficient (Wildman–Crippen LogP) is 2.82. The fourth-order valence-electron chi connectivity index (χ4n) is 3.10. The van der Waals surface area contributed by atoms with Crippen LogP contribution in [0.2, 0.25) is 5.02 Å². The highest BCUT2D eigenvalue weighted by molar-refractivity contribution is 7.89. The molecule has 2 aromatic rings. The molecule has 1 atom stereocenters. The van der Waals surface area contributed by atoms with Crippen molar-refractivity contribution in [1.29, 1.82) is 0 Å². The average Bonchev–Trinajstić information content (AvgIpc) is 2.65. The van der Waals surface area contributed by atoms with Gasteiger partial charge >= 0.3 is 0 Å². The third-order valence-corrected chi connectivity index (χ3v) is 6.08. The minimum atomic E-state index is -4.06. The summed E-state index contributed by atoms with van der Waals surface area (Å²) in [5.41, 5.74) is 0.672. The molecule has 0 aromatic carbocycles. The van der Waals surface area contributed by atoms with Crippen molar-refractivity contribution in [3.8, 4) is 0 Å². The van der Waals surface area contributed by atoms with E-state index in [1.54, 1.807) is 11.8 Å². The molecule has 3 N–H and O–H groups in total. The van der Waals surface area contributed by atoms with Crippen LogP contribution in [0.3, 0.4) is 0 Å². The Balaban J connectivity index is 1.94. The van der Waals surface area contributed by atoms with Gasteiger partial charge in [-0.25, -0.2) is 32.3 Å². The number of amides is 1. The zero-order valence-electron chi connectivity index (χ0n) is 16.2. The van der Waals surface area contributed by atoms with Crippen LogP contribution in [0.15, 0.2) is 29.4 Å². The Morgan fingerprint density at radius 1 is 1.40 bits per heavy atom. The van der Waals surface area contributed by atoms with Crippen LogP contribution < -0.4 is 15.4 Å². The number of rotatable bonds is 4. The fraction of sp³-hybridized carbons (Fsp3) is 0.389. The van der Waals surface area contributed by atoms with Gasteiger partial charge in [0.2, 0.25) is 0 Å². The maximum Gasteiger partial charge on any atom is 0.259 e. The number of hydrogen-bond donors (Lipinski definition) is 2. The number of halogens is 3. The number of carbonyl (C=O) groups excluding carboxylic acids is 1. The van der Waals surface area contributed by atoms with Crippen molar-refractivity contribution in [2.24, 2.45) is 11.1 Å². The fourth-order valence-corrected chi connectivity index (χ4v) is 3.75. The van der Waals surface area contributed by atoms with E-state index < -0.39 is 32.8 Å². The molecule has 3 heterocycles. The lowest BCUT2D eigenvalue weighted by molar-refractivity contribution is -0.0652. The molecule has 0 saturated carbocycles. The highest BCUT2D eigenvalue weighted by Gasteiger charge is 2.42. The topological polar surface area (TPSA) is 118 Å². The van der Waals surface area contributed by atoms with Crippen LogP contribution in [0.25, 0.3) is 0 Å². The number of piperidine rings is 1. The van der Waals surface area contributed by atoms with Gasteiger partial charge in [0.25, 0.3) is 21.9 Å². The molecule has 3 rings (SSSR count). The van der Waals surface area contributed by atoms with Gasteiger partial charge in [0, 0.05) is 43.4 Å². The predicted molar refractivity (Wildman–Crippen MR) is 108 cm³/mol. The Bertz CT molecular complexity index is 1100. The van der Waals surface area contributed by atoms with E-state index in [4.69, 9.17) is 16.7 Å². The number of alkyl halides is 2. The summed E-state index contributed by atoms with van der Waals surface area (Å²) in [4.78, 5) is 22.6. The standard InChI is InChI=1S/C18H20ClF2N5O3S/c1-10-9-26(6-4-18(10,20)21)16-13(8-14(19)11(2)24-16)17(27)25-12-3-5-23-15(7-12)30(22,28)29/h3,5,7-8,10H,4,6,9H2,1-2H3,(H2,22,28,29)(H,23,25,27)/t10-/m1/s1. The smallest absolute Gasteiger partial charge is 0.259 e. The van der Waals surface area contributed by atoms with E-state index in [9.17, 15) is 22.0 Å². The lowest BCUT2D eigenvalue weighted by Crippen LogP contribution is -2.46. The van der Waals surface area contributed by atoms with Crippen molar-refractivity contribution in [3.63, 3.8) is 0 Å². The Hall–Kier alpha value is -2.37. The molecule has 1 fully saturated rings. The van der Waals surface area contributed by atoms with Crippen molar-refractivity contribution >= 4 is 39.0 Å². The molecule has 30 heavy (non-hydrogen) atoms. The zero-order valence-corrected chi connectivity index (χ0v) is 17.8. The minimum Gasteiger partial charge on any atom is -0.355 e. The van der Waals surface area contributed by atoms with Crippen molar-refractivity contribution in [3.05, 3.63) is 40.7 Å². The number of nitrogens with two attached hydrogens (primary N) is 1. The molecular weight excluding hydrogens is 440 g/mol. The molecule has 1 aliphatic heterocycles. The van der Waals surface area contributed by atoms with E-state index in [1.165, 1.54) is 25.3 Å². The SMILES string of the molecule is Cc1nc(N2CCC(F)(F)[C@H](C)C2)c(C(=O)Nc2ccnc(S(N)(=O)=O)c2)cc1Cl. The number of hydrogen-bond acceptors (Lipinski definition) is 6. The maximum atomic E-state index is 13.9. The molecule has 0 radical (unpaired) electrons. The Kier molecular flexibility index (Phi) is 5.99. The van der Waals surface area contributed by atoms with Gasteiger partial charge in [-0.05, 0) is 19.1 Å². The van der Waals surface area contributed by atoms with Crippen LogP contribution in [-0.4, -0.2) is 43.3 Å². The van der Waals surface area contributed by atoms with Crippen LogP contribution in [0.1, 0.15) is 29.4 Å². The van der Waals surface area contributed by atoms with Crippen molar-refractivity contribution < 1.29 is 22.0 Å². The van der Waals surface area contributed by atoms with Gasteiger partial charge in [-0.1, -0.05) is 18.5 Å². The molecule has 0 unspecified atom stereocenters. The first kappa shape index (κ1) is 22.3. The second-order valence-electron chi connectivity index (χ2n) is 7.17. The third kappa shape index (κ3) is 4.68. The summed E-state index contributed by atoms with van der Waals surface area (Å²) in [5.74, 6) is -4.10. The minimum absolute atomic E-state index is 0.0200. The van der Waals surface area contributed by atoms with Crippen molar-refractivity contribution in [2.45, 2.75) is 31.2 Å². The first-order chi connectivity index (χ1) is 13.9. The normalized spacial score (nSPS) is 18.9. The van der Waals surface area contributed by atoms with Gasteiger partial charge < -0.3 is 10.2 Å². The van der Waals surface area contributed by atoms with Gasteiger partial charge in [0.15, 0.2) is 5.03 Å². The Labute approximate surface area is 177 Å². The third-order valence-electron chi connectivity index (χ3n) is 4.89. The van der Waals surface area contributed by atoms with E-state index in [0.29, 0.717) is 5.69 Å². The van der Waals surface area contributed by atoms with Gasteiger partial charge in [0.05, 0.1) is 16.3 Å². The summed E-state index contributed by atoms with van der Waals surface area (Å²) in [5, 5.41) is 7.44. The molecule has 1 saturated heterocycles. The zero-order chi connectivity index (χ0) is 22.3. The lowest BCUT2D eigenvalue weighted by atomic mass is 9.95. The molecule has 1 aliphatic rings. The molecule has 2 aromatic heterocycles. The van der Waals surface area contributed by atoms with Gasteiger partial charge in [-0.15, -0.1) is 0 Å². The molecule has 0 bridgehead atoms. The summed E-state index contributed by atoms with van der Waals surface area (Å²) in [6, 6.07) is 3.91. The number of pyridine rings is 2. The largest absolute Gasteiger partial charge is 0.355 e. The summed E-state index contributed by atoms with van der Waals surface area (Å²) in [7, 11) is -4.06. The van der Waals surface area contributed by atoms with Crippen LogP contribution in [0, 0.1) is 12.8 Å². The van der Waals surface area contributed by atoms with Gasteiger partial charge in [-0.2, -0.15) is 0 Å². The number of aromatic nitrogens is 2. The number of nitrogens with one attached hydrogen (secondary N) is 1. The van der Waals surface area contributed by atoms with Crippen molar-refractivity contribution in [2.75, 3.05) is 23.3 Å². The summed E-state index contributed by atoms with van der Waals surface area (Å²) in [6.45, 7) is 3.14. The number of aryl methyl sites for hydroxylation is 1. The van der Waals surface area contributed by atoms with Gasteiger partial charge in [-0.3, -0.25) is 4.79 Å². The second kappa shape index (κ2) is 8.05. The number of carbonyl (C=O) groups is 1. The summed E-state index contributed by atoms with van der Waals surface area (Å²) < 4.78 is 50.7. The first-order valence-electron chi connectivity index (χ1n) is 8.98. The number of anilines is 2. The van der Waals surface area contributed by atoms with Crippen LogP contribution in [0.5, 0.6) is 0 Å². The van der Waals surface area contributed by atoms with Crippen molar-refractivity contribution in [1.82, 2.24) is 9.97 Å². The number of primary sulfonamides is 1. The molecule has 1 amide bonds. The number of sulfonamides is 1. The molecule has 0 aliphatic carbocycles. The molecule has 12 heteroatoms. The Morgan fingerprint density at radius 2 is 2.10 bits per heavy atom. The van der Waals surface area contributed by atoms with Crippen LogP contribution in [0.4, 0.5) is 20.3 Å². The highest BCUT2D eigenvalue weighted by Crippen LogP contribution is 2.36. The maximum absolute atomic E-state index is 13.9. The highest BCUT2D eigenvalue weighted by atomic mass is 35.5. The molecule has 8 nitrogen and oxygen atoms in total. The van der Waals surface area contributed by atoms with E-state index in [-0.39, 0.29) is 41.6 Å². The van der Waals surface area contributed by atoms with E-state index >= 15 is 0 Å². The Morgan fingerprint density at radius 3 is 2.73 bits per heavy atom. The molecule has 162 valence electrons. The van der Waals surface area contributed by atoms with E-state index in [1.807, 2.05) is 0 Å².